The van der Waals surface area contributed by atoms with Gasteiger partial charge in [-0.2, -0.15) is 0 Å². The molecule has 12 heavy (non-hydrogen) atoms. The summed E-state index contributed by atoms with van der Waals surface area (Å²) in [6, 6.07) is 2.55. The number of halogens is 1. The number of nitrogens with one attached hydrogen (secondary N) is 1. The molecule has 0 bridgehead atoms. The van der Waals surface area contributed by atoms with Gasteiger partial charge in [0.1, 0.15) is 0 Å². The third kappa shape index (κ3) is 3.09. The minimum atomic E-state index is 0.436. The van der Waals surface area contributed by atoms with Gasteiger partial charge in [-0.15, -0.1) is 11.3 Å². The van der Waals surface area contributed by atoms with Crippen molar-refractivity contribution in [3.05, 3.63) is 26.9 Å². The second-order valence-corrected chi connectivity index (χ2v) is 4.46. The Morgan fingerprint density at radius 3 is 2.92 bits per heavy atom. The molecule has 0 radical (unpaired) electrons. The lowest BCUT2D eigenvalue weighted by Crippen LogP contribution is -2.17. The predicted octanol–water partition coefficient (Wildman–Crippen LogP) is 3.13. The van der Waals surface area contributed by atoms with E-state index in [4.69, 9.17) is 0 Å². The maximum atomic E-state index is 3.42. The smallest absolute Gasteiger partial charge is 0.0288 e. The van der Waals surface area contributed by atoms with E-state index in [1.54, 1.807) is 11.3 Å². The fraction of sp³-hybridized carbons (Fsp3) is 0.333. The van der Waals surface area contributed by atoms with Crippen LogP contribution in [-0.4, -0.2) is 13.1 Å². The molecule has 0 fully saturated rings. The SMILES string of the molecule is CNC(C)/C=C/c1cc(Br)cs1. The first kappa shape index (κ1) is 9.96. The first-order chi connectivity index (χ1) is 5.72. The number of likely N-dealkylation sites (N-methyl/N-ethyl adjacent to an activating group) is 1. The molecule has 0 aliphatic carbocycles. The van der Waals surface area contributed by atoms with Gasteiger partial charge in [0.2, 0.25) is 0 Å². The molecule has 1 aromatic rings. The van der Waals surface area contributed by atoms with Gasteiger partial charge in [0.05, 0.1) is 0 Å². The summed E-state index contributed by atoms with van der Waals surface area (Å²) in [5, 5.41) is 5.24. The zero-order chi connectivity index (χ0) is 8.97. The standard InChI is InChI=1S/C9H12BrNS/c1-7(11-2)3-4-9-5-8(10)6-12-9/h3-7,11H,1-2H3/b4-3+. The fourth-order valence-corrected chi connectivity index (χ4v) is 2.10. The molecule has 0 aromatic carbocycles. The maximum absolute atomic E-state index is 3.42. The zero-order valence-electron chi connectivity index (χ0n) is 7.17. The van der Waals surface area contributed by atoms with Crippen LogP contribution in [0.15, 0.2) is 22.0 Å². The highest BCUT2D eigenvalue weighted by Gasteiger charge is 1.93. The lowest BCUT2D eigenvalue weighted by molar-refractivity contribution is 0.732. The average molecular weight is 246 g/mol. The quantitative estimate of drug-likeness (QED) is 0.863. The Labute approximate surface area is 85.6 Å². The van der Waals surface area contributed by atoms with Crippen molar-refractivity contribution in [2.45, 2.75) is 13.0 Å². The molecule has 1 heterocycles. The molecule has 0 saturated heterocycles. The van der Waals surface area contributed by atoms with Crippen LogP contribution in [0.5, 0.6) is 0 Å². The van der Waals surface area contributed by atoms with Crippen molar-refractivity contribution in [3.8, 4) is 0 Å². The van der Waals surface area contributed by atoms with Gasteiger partial charge < -0.3 is 5.32 Å². The molecule has 1 aromatic heterocycles. The Balaban J connectivity index is 2.57. The lowest BCUT2D eigenvalue weighted by atomic mass is 10.3. The first-order valence-electron chi connectivity index (χ1n) is 3.82. The van der Waals surface area contributed by atoms with Crippen molar-refractivity contribution >= 4 is 33.3 Å². The van der Waals surface area contributed by atoms with Crippen molar-refractivity contribution in [2.24, 2.45) is 0 Å². The minimum absolute atomic E-state index is 0.436. The van der Waals surface area contributed by atoms with E-state index in [0.29, 0.717) is 6.04 Å². The van der Waals surface area contributed by atoms with E-state index in [1.807, 2.05) is 7.05 Å². The van der Waals surface area contributed by atoms with Crippen LogP contribution in [0.25, 0.3) is 6.08 Å². The summed E-state index contributed by atoms with van der Waals surface area (Å²) >= 11 is 5.16. The lowest BCUT2D eigenvalue weighted by Gasteiger charge is -2.00. The third-order valence-electron chi connectivity index (χ3n) is 1.59. The third-order valence-corrected chi connectivity index (χ3v) is 3.25. The van der Waals surface area contributed by atoms with E-state index in [9.17, 15) is 0 Å². The molecule has 66 valence electrons. The largest absolute Gasteiger partial charge is 0.314 e. The van der Waals surface area contributed by atoms with Crippen LogP contribution in [0.1, 0.15) is 11.8 Å². The van der Waals surface area contributed by atoms with Gasteiger partial charge in [-0.1, -0.05) is 6.08 Å². The first-order valence-corrected chi connectivity index (χ1v) is 5.49. The monoisotopic (exact) mass is 245 g/mol. The Hall–Kier alpha value is -0.120. The summed E-state index contributed by atoms with van der Waals surface area (Å²) in [6.45, 7) is 2.12. The Bertz CT molecular complexity index is 267. The Morgan fingerprint density at radius 2 is 2.42 bits per heavy atom. The Morgan fingerprint density at radius 1 is 1.67 bits per heavy atom. The number of rotatable bonds is 3. The molecule has 1 atom stereocenters. The van der Waals surface area contributed by atoms with Crippen molar-refractivity contribution in [1.29, 1.82) is 0 Å². The van der Waals surface area contributed by atoms with E-state index in [-0.39, 0.29) is 0 Å². The van der Waals surface area contributed by atoms with Crippen molar-refractivity contribution < 1.29 is 0 Å². The van der Waals surface area contributed by atoms with Gasteiger partial charge in [-0.05, 0) is 42.0 Å². The summed E-state index contributed by atoms with van der Waals surface area (Å²) in [6.07, 6.45) is 4.29. The van der Waals surface area contributed by atoms with E-state index in [0.717, 1.165) is 4.47 Å². The molecular formula is C9H12BrNS. The molecule has 1 N–H and O–H groups in total. The van der Waals surface area contributed by atoms with E-state index in [1.165, 1.54) is 4.88 Å². The van der Waals surface area contributed by atoms with Crippen LogP contribution < -0.4 is 5.32 Å². The summed E-state index contributed by atoms with van der Waals surface area (Å²) in [5.74, 6) is 0. The summed E-state index contributed by atoms with van der Waals surface area (Å²) in [5.41, 5.74) is 0. The molecular weight excluding hydrogens is 234 g/mol. The van der Waals surface area contributed by atoms with Gasteiger partial charge in [0.25, 0.3) is 0 Å². The highest BCUT2D eigenvalue weighted by atomic mass is 79.9. The van der Waals surface area contributed by atoms with Crippen LogP contribution in [0.4, 0.5) is 0 Å². The molecule has 0 amide bonds. The Kier molecular flexibility index (Phi) is 3.98. The number of hydrogen-bond acceptors (Lipinski definition) is 2. The highest BCUT2D eigenvalue weighted by molar-refractivity contribution is 9.10. The molecule has 1 nitrogen and oxygen atoms in total. The van der Waals surface area contributed by atoms with E-state index in [2.05, 4.69) is 51.8 Å². The zero-order valence-corrected chi connectivity index (χ0v) is 9.58. The summed E-state index contributed by atoms with van der Waals surface area (Å²) in [4.78, 5) is 1.28. The van der Waals surface area contributed by atoms with Crippen LogP contribution in [0.2, 0.25) is 0 Å². The van der Waals surface area contributed by atoms with Gasteiger partial charge in [-0.25, -0.2) is 0 Å². The van der Waals surface area contributed by atoms with Crippen LogP contribution in [0, 0.1) is 0 Å². The topological polar surface area (TPSA) is 12.0 Å². The van der Waals surface area contributed by atoms with Crippen molar-refractivity contribution in [2.75, 3.05) is 7.05 Å². The molecule has 0 spiro atoms. The van der Waals surface area contributed by atoms with Gasteiger partial charge >= 0.3 is 0 Å². The second kappa shape index (κ2) is 4.80. The normalized spacial score (nSPS) is 13.9. The van der Waals surface area contributed by atoms with Crippen LogP contribution >= 0.6 is 27.3 Å². The van der Waals surface area contributed by atoms with Crippen molar-refractivity contribution in [1.82, 2.24) is 5.32 Å². The van der Waals surface area contributed by atoms with Gasteiger partial charge in [0, 0.05) is 20.8 Å². The predicted molar refractivity (Wildman–Crippen MR) is 59.6 cm³/mol. The molecule has 1 unspecified atom stereocenters. The number of thiophene rings is 1. The number of hydrogen-bond donors (Lipinski definition) is 1. The average Bonchev–Trinajstić information content (AvgIpc) is 2.47. The summed E-state index contributed by atoms with van der Waals surface area (Å²) < 4.78 is 1.16. The van der Waals surface area contributed by atoms with E-state index >= 15 is 0 Å². The summed E-state index contributed by atoms with van der Waals surface area (Å²) in [7, 11) is 1.96. The highest BCUT2D eigenvalue weighted by Crippen LogP contribution is 2.20. The second-order valence-electron chi connectivity index (χ2n) is 2.60. The van der Waals surface area contributed by atoms with Crippen LogP contribution in [-0.2, 0) is 0 Å². The molecule has 0 aliphatic rings. The van der Waals surface area contributed by atoms with Gasteiger partial charge in [-0.3, -0.25) is 0 Å². The molecule has 1 rings (SSSR count). The fourth-order valence-electron chi connectivity index (χ4n) is 0.751. The molecule has 3 heteroatoms. The molecule has 0 aliphatic heterocycles. The maximum Gasteiger partial charge on any atom is 0.0288 e. The van der Waals surface area contributed by atoms with Gasteiger partial charge in [0.15, 0.2) is 0 Å². The molecule has 0 saturated carbocycles. The van der Waals surface area contributed by atoms with E-state index < -0.39 is 0 Å². The minimum Gasteiger partial charge on any atom is -0.314 e. The van der Waals surface area contributed by atoms with Crippen molar-refractivity contribution in [3.63, 3.8) is 0 Å². The van der Waals surface area contributed by atoms with Crippen LogP contribution in [0.3, 0.4) is 0 Å².